The molecule has 0 aliphatic rings. The van der Waals surface area contributed by atoms with E-state index in [1.165, 1.54) is 6.07 Å². The maximum absolute atomic E-state index is 11.0. The van der Waals surface area contributed by atoms with E-state index < -0.39 is 5.97 Å². The number of halogens is 1. The second kappa shape index (κ2) is 4.37. The van der Waals surface area contributed by atoms with Gasteiger partial charge in [0, 0.05) is 11.8 Å². The Balaban J connectivity index is 2.22. The summed E-state index contributed by atoms with van der Waals surface area (Å²) in [5.74, 6) is -0.422. The molecule has 0 radical (unpaired) electrons. The van der Waals surface area contributed by atoms with Gasteiger partial charge in [-0.05, 0) is 24.3 Å². The Morgan fingerprint density at radius 1 is 1.21 bits per heavy atom. The molecule has 1 N–H and O–H groups in total. The largest absolute Gasteiger partial charge is 0.478 e. The molecule has 0 spiro atoms. The van der Waals surface area contributed by atoms with Gasteiger partial charge in [0.15, 0.2) is 11.5 Å². The van der Waals surface area contributed by atoms with Gasteiger partial charge in [0.25, 0.3) is 0 Å². The van der Waals surface area contributed by atoms with Gasteiger partial charge in [-0.25, -0.2) is 4.79 Å². The molecule has 0 aliphatic heterocycles. The van der Waals surface area contributed by atoms with Gasteiger partial charge in [-0.2, -0.15) is 0 Å². The van der Waals surface area contributed by atoms with Crippen molar-refractivity contribution in [3.63, 3.8) is 0 Å². The van der Waals surface area contributed by atoms with Crippen LogP contribution >= 0.6 is 11.6 Å². The highest BCUT2D eigenvalue weighted by Crippen LogP contribution is 2.22. The molecule has 6 heteroatoms. The second-order valence-electron chi connectivity index (χ2n) is 3.96. The Hall–Kier alpha value is -2.40. The molecule has 5 nitrogen and oxygen atoms in total. The van der Waals surface area contributed by atoms with Crippen LogP contribution in [0.3, 0.4) is 0 Å². The molecular weight excluding hydrogens is 266 g/mol. The molecule has 1 aromatic carbocycles. The molecule has 0 saturated carbocycles. The lowest BCUT2D eigenvalue weighted by atomic mass is 10.1. The number of carboxylic acids is 1. The van der Waals surface area contributed by atoms with E-state index in [0.717, 1.165) is 0 Å². The predicted molar refractivity (Wildman–Crippen MR) is 70.4 cm³/mol. The van der Waals surface area contributed by atoms with Crippen molar-refractivity contribution < 1.29 is 9.90 Å². The molecule has 0 amide bonds. The third kappa shape index (κ3) is 1.94. The minimum Gasteiger partial charge on any atom is -0.478 e. The number of carboxylic acid groups (broad SMARTS) is 1. The van der Waals surface area contributed by atoms with Gasteiger partial charge in [0.05, 0.1) is 10.6 Å². The van der Waals surface area contributed by atoms with Crippen molar-refractivity contribution in [2.45, 2.75) is 0 Å². The summed E-state index contributed by atoms with van der Waals surface area (Å²) in [6, 6.07) is 10.0. The molecule has 19 heavy (non-hydrogen) atoms. The maximum Gasteiger partial charge on any atom is 0.335 e. The first-order valence-corrected chi connectivity index (χ1v) is 5.87. The van der Waals surface area contributed by atoms with E-state index in [0.29, 0.717) is 22.1 Å². The molecule has 0 saturated heterocycles. The molecule has 94 valence electrons. The zero-order valence-electron chi connectivity index (χ0n) is 9.62. The SMILES string of the molecule is O=C(O)c1cccc(-c2nnc3c(Cl)cccn23)c1. The second-order valence-corrected chi connectivity index (χ2v) is 4.37. The number of hydrogen-bond donors (Lipinski definition) is 1. The fourth-order valence-electron chi connectivity index (χ4n) is 1.87. The van der Waals surface area contributed by atoms with Crippen molar-refractivity contribution >= 4 is 23.2 Å². The third-order valence-electron chi connectivity index (χ3n) is 2.75. The van der Waals surface area contributed by atoms with Gasteiger partial charge >= 0.3 is 5.97 Å². The standard InChI is InChI=1S/C13H8ClN3O2/c14-10-5-2-6-17-11(15-16-12(10)17)8-3-1-4-9(7-8)13(18)19/h1-7H,(H,18,19). The molecule has 2 aromatic heterocycles. The molecule has 0 fully saturated rings. The van der Waals surface area contributed by atoms with Crippen LogP contribution in [-0.2, 0) is 0 Å². The summed E-state index contributed by atoms with van der Waals surface area (Å²) >= 11 is 6.02. The Bertz CT molecular complexity index is 782. The van der Waals surface area contributed by atoms with Gasteiger partial charge in [0.1, 0.15) is 0 Å². The third-order valence-corrected chi connectivity index (χ3v) is 3.05. The van der Waals surface area contributed by atoms with Crippen LogP contribution in [0, 0.1) is 0 Å². The van der Waals surface area contributed by atoms with E-state index in [9.17, 15) is 4.79 Å². The lowest BCUT2D eigenvalue weighted by Gasteiger charge is -2.01. The summed E-state index contributed by atoms with van der Waals surface area (Å²) in [4.78, 5) is 11.0. The van der Waals surface area contributed by atoms with E-state index >= 15 is 0 Å². The summed E-state index contributed by atoms with van der Waals surface area (Å²) in [6.45, 7) is 0. The van der Waals surface area contributed by atoms with Crippen molar-refractivity contribution in [1.29, 1.82) is 0 Å². The zero-order chi connectivity index (χ0) is 13.4. The number of fused-ring (bicyclic) bond motifs is 1. The normalized spacial score (nSPS) is 10.8. The van der Waals surface area contributed by atoms with E-state index in [1.54, 1.807) is 40.9 Å². The highest BCUT2D eigenvalue weighted by Gasteiger charge is 2.11. The number of nitrogens with zero attached hydrogens (tertiary/aromatic N) is 3. The molecule has 0 aliphatic carbocycles. The molecule has 3 rings (SSSR count). The number of aromatic nitrogens is 3. The quantitative estimate of drug-likeness (QED) is 0.779. The Morgan fingerprint density at radius 3 is 2.84 bits per heavy atom. The van der Waals surface area contributed by atoms with Crippen LogP contribution in [0.2, 0.25) is 5.02 Å². The van der Waals surface area contributed by atoms with Gasteiger partial charge < -0.3 is 5.11 Å². The molecule has 0 unspecified atom stereocenters. The monoisotopic (exact) mass is 273 g/mol. The summed E-state index contributed by atoms with van der Waals surface area (Å²) in [6.07, 6.45) is 1.78. The smallest absolute Gasteiger partial charge is 0.335 e. The molecule has 0 atom stereocenters. The van der Waals surface area contributed by atoms with Gasteiger partial charge in [-0.1, -0.05) is 23.7 Å². The fraction of sp³-hybridized carbons (Fsp3) is 0. The average molecular weight is 274 g/mol. The van der Waals surface area contributed by atoms with Gasteiger partial charge in [-0.15, -0.1) is 10.2 Å². The maximum atomic E-state index is 11.0. The molecule has 3 aromatic rings. The first-order chi connectivity index (χ1) is 9.16. The van der Waals surface area contributed by atoms with Crippen LogP contribution < -0.4 is 0 Å². The average Bonchev–Trinajstić information content (AvgIpc) is 2.84. The molecule has 0 bridgehead atoms. The van der Waals surface area contributed by atoms with Crippen LogP contribution in [-0.4, -0.2) is 25.7 Å². The van der Waals surface area contributed by atoms with Crippen molar-refractivity contribution in [2.75, 3.05) is 0 Å². The number of benzene rings is 1. The molecule has 2 heterocycles. The van der Waals surface area contributed by atoms with Gasteiger partial charge in [0.2, 0.25) is 0 Å². The first-order valence-electron chi connectivity index (χ1n) is 5.50. The lowest BCUT2D eigenvalue weighted by molar-refractivity contribution is 0.0697. The zero-order valence-corrected chi connectivity index (χ0v) is 10.4. The van der Waals surface area contributed by atoms with Crippen LogP contribution in [0.5, 0.6) is 0 Å². The number of rotatable bonds is 2. The Kier molecular flexibility index (Phi) is 2.68. The summed E-state index contributed by atoms with van der Waals surface area (Å²) in [5.41, 5.74) is 1.42. The first kappa shape index (κ1) is 11.7. The fourth-order valence-corrected chi connectivity index (χ4v) is 2.07. The van der Waals surface area contributed by atoms with Crippen LogP contribution in [0.15, 0.2) is 42.6 Å². The predicted octanol–water partition coefficient (Wildman–Crippen LogP) is 2.75. The van der Waals surface area contributed by atoms with E-state index in [-0.39, 0.29) is 5.56 Å². The number of aromatic carboxylic acids is 1. The minimum absolute atomic E-state index is 0.205. The van der Waals surface area contributed by atoms with Crippen molar-refractivity contribution in [2.24, 2.45) is 0 Å². The summed E-state index contributed by atoms with van der Waals surface area (Å²) < 4.78 is 1.73. The van der Waals surface area contributed by atoms with Crippen molar-refractivity contribution in [3.8, 4) is 11.4 Å². The van der Waals surface area contributed by atoms with Crippen LogP contribution in [0.1, 0.15) is 10.4 Å². The topological polar surface area (TPSA) is 67.5 Å². The number of carbonyl (C=O) groups is 1. The number of hydrogen-bond acceptors (Lipinski definition) is 3. The van der Waals surface area contributed by atoms with Gasteiger partial charge in [-0.3, -0.25) is 4.40 Å². The minimum atomic E-state index is -0.978. The molecular formula is C13H8ClN3O2. The number of pyridine rings is 1. The van der Waals surface area contributed by atoms with E-state index in [1.807, 2.05) is 0 Å². The van der Waals surface area contributed by atoms with E-state index in [2.05, 4.69) is 10.2 Å². The van der Waals surface area contributed by atoms with Crippen LogP contribution in [0.4, 0.5) is 0 Å². The van der Waals surface area contributed by atoms with Crippen molar-refractivity contribution in [1.82, 2.24) is 14.6 Å². The Labute approximate surface area is 113 Å². The van der Waals surface area contributed by atoms with Crippen molar-refractivity contribution in [3.05, 3.63) is 53.2 Å². The highest BCUT2D eigenvalue weighted by molar-refractivity contribution is 6.33. The van der Waals surface area contributed by atoms with E-state index in [4.69, 9.17) is 16.7 Å². The Morgan fingerprint density at radius 2 is 2.05 bits per heavy atom. The summed E-state index contributed by atoms with van der Waals surface area (Å²) in [7, 11) is 0. The highest BCUT2D eigenvalue weighted by atomic mass is 35.5. The van der Waals surface area contributed by atoms with Crippen LogP contribution in [0.25, 0.3) is 17.0 Å². The summed E-state index contributed by atoms with van der Waals surface area (Å²) in [5, 5.41) is 17.6. The lowest BCUT2D eigenvalue weighted by Crippen LogP contribution is -1.97.